The Morgan fingerprint density at radius 2 is 1.97 bits per heavy atom. The summed E-state index contributed by atoms with van der Waals surface area (Å²) in [6, 6.07) is 13.2. The van der Waals surface area contributed by atoms with Crippen LogP contribution < -0.4 is 11.1 Å². The number of thiophene rings is 1. The number of likely N-dealkylation sites (N-methyl/N-ethyl adjacent to an activating group) is 1. The van der Waals surface area contributed by atoms with Crippen LogP contribution in [0.5, 0.6) is 0 Å². The average molecular weight is 534 g/mol. The number of aromatic nitrogens is 4. The molecule has 4 aromatic rings. The summed E-state index contributed by atoms with van der Waals surface area (Å²) in [5, 5.41) is 3.02. The minimum absolute atomic E-state index is 0.0935. The number of fused-ring (bicyclic) bond motifs is 1. The van der Waals surface area contributed by atoms with E-state index in [1.807, 2.05) is 44.2 Å². The molecule has 0 aliphatic heterocycles. The number of nitrogens with two attached hydrogens (primary N) is 1. The third-order valence-corrected chi connectivity index (χ3v) is 7.12. The molecule has 4 rings (SSSR count). The maximum Gasteiger partial charge on any atom is 0.268 e. The summed E-state index contributed by atoms with van der Waals surface area (Å²) in [6.45, 7) is 10.3. The number of nitrogens with zero attached hydrogens (tertiary/aromatic N) is 5. The van der Waals surface area contributed by atoms with Crippen molar-refractivity contribution >= 4 is 46.0 Å². The van der Waals surface area contributed by atoms with Gasteiger partial charge in [-0.05, 0) is 49.6 Å². The van der Waals surface area contributed by atoms with E-state index in [0.717, 1.165) is 35.2 Å². The Balaban J connectivity index is 0.00000195. The first-order valence-corrected chi connectivity index (χ1v) is 13.6. The van der Waals surface area contributed by atoms with Crippen LogP contribution in [0.1, 0.15) is 55.7 Å². The van der Waals surface area contributed by atoms with Crippen molar-refractivity contribution in [1.82, 2.24) is 24.4 Å². The van der Waals surface area contributed by atoms with Crippen molar-refractivity contribution in [2.24, 2.45) is 0 Å². The van der Waals surface area contributed by atoms with Crippen LogP contribution in [0.15, 0.2) is 61.4 Å². The predicted molar refractivity (Wildman–Crippen MR) is 155 cm³/mol. The Kier molecular flexibility index (Phi) is 10.1. The van der Waals surface area contributed by atoms with Crippen molar-refractivity contribution in [3.05, 3.63) is 66.3 Å². The highest BCUT2D eigenvalue weighted by atomic mass is 32.1. The molecule has 0 saturated carbocycles. The van der Waals surface area contributed by atoms with Crippen LogP contribution in [0.3, 0.4) is 0 Å². The number of rotatable bonds is 10. The van der Waals surface area contributed by atoms with Crippen molar-refractivity contribution in [3.8, 4) is 10.6 Å². The number of hydrogen-bond donors (Lipinski definition) is 2. The summed E-state index contributed by atoms with van der Waals surface area (Å²) in [5.41, 5.74) is 8.21. The largest absolute Gasteiger partial charge is 0.384 e. The van der Waals surface area contributed by atoms with Gasteiger partial charge in [0.2, 0.25) is 11.9 Å². The van der Waals surface area contributed by atoms with Crippen molar-refractivity contribution in [2.45, 2.75) is 46.1 Å². The highest BCUT2D eigenvalue weighted by Crippen LogP contribution is 2.31. The van der Waals surface area contributed by atoms with Gasteiger partial charge in [0.05, 0.1) is 26.5 Å². The molecule has 10 heteroatoms. The first-order chi connectivity index (χ1) is 18.4. The lowest BCUT2D eigenvalue weighted by molar-refractivity contribution is -0.124. The molecule has 0 radical (unpaired) electrons. The van der Waals surface area contributed by atoms with Crippen molar-refractivity contribution in [2.75, 3.05) is 24.6 Å². The standard InChI is InChI=1S/C26H29N7O2S.C2H6/c1-4-17(9-8-14-32(3)24(34)5-2)33-20-11-7-6-10-18(20)30-26(33)31-25(35)22-13-12-21(36-22)19-15-23(27)29-16-28-19;1-2/h5-7,10-13,15-17H,2,4,8-9,14H2,1,3H3,(H2,27,28,29)(H,30,31,35);1-2H3/t17-;/m0./s1. The van der Waals surface area contributed by atoms with Gasteiger partial charge in [-0.25, -0.2) is 15.0 Å². The Morgan fingerprint density at radius 3 is 2.68 bits per heavy atom. The summed E-state index contributed by atoms with van der Waals surface area (Å²) in [4.78, 5) is 40.9. The van der Waals surface area contributed by atoms with Crippen LogP contribution in [0.25, 0.3) is 21.6 Å². The summed E-state index contributed by atoms with van der Waals surface area (Å²) in [7, 11) is 1.77. The highest BCUT2D eigenvalue weighted by molar-refractivity contribution is 7.17. The zero-order chi connectivity index (χ0) is 27.7. The van der Waals surface area contributed by atoms with Crippen LogP contribution in [0.4, 0.5) is 11.8 Å². The fraction of sp³-hybridized carbons (Fsp3) is 0.321. The second-order valence-electron chi connectivity index (χ2n) is 8.41. The molecular formula is C28H35N7O2S. The van der Waals surface area contributed by atoms with E-state index in [1.165, 1.54) is 23.7 Å². The van der Waals surface area contributed by atoms with Gasteiger partial charge in [0, 0.05) is 25.7 Å². The predicted octanol–water partition coefficient (Wildman–Crippen LogP) is 5.79. The molecule has 0 fully saturated rings. The van der Waals surface area contributed by atoms with E-state index in [0.29, 0.717) is 28.9 Å². The second kappa shape index (κ2) is 13.5. The molecule has 1 aromatic carbocycles. The molecule has 1 atom stereocenters. The first-order valence-electron chi connectivity index (χ1n) is 12.7. The summed E-state index contributed by atoms with van der Waals surface area (Å²) in [5.74, 6) is 0.545. The number of carbonyl (C=O) groups excluding carboxylic acids is 2. The van der Waals surface area contributed by atoms with Gasteiger partial charge >= 0.3 is 0 Å². The zero-order valence-corrected chi connectivity index (χ0v) is 23.2. The molecule has 9 nitrogen and oxygen atoms in total. The molecule has 200 valence electrons. The molecule has 2 amide bonds. The Hall–Kier alpha value is -4.05. The lowest BCUT2D eigenvalue weighted by Gasteiger charge is -2.22. The third-order valence-electron chi connectivity index (χ3n) is 6.01. The Bertz CT molecular complexity index is 1390. The third kappa shape index (κ3) is 6.63. The Morgan fingerprint density at radius 1 is 1.21 bits per heavy atom. The number of hydrogen-bond acceptors (Lipinski definition) is 7. The lowest BCUT2D eigenvalue weighted by atomic mass is 10.1. The number of amides is 2. The molecule has 0 bridgehead atoms. The van der Waals surface area contributed by atoms with E-state index < -0.39 is 0 Å². The highest BCUT2D eigenvalue weighted by Gasteiger charge is 2.21. The lowest BCUT2D eigenvalue weighted by Crippen LogP contribution is -2.26. The molecule has 3 aromatic heterocycles. The van der Waals surface area contributed by atoms with Gasteiger partial charge in [0.1, 0.15) is 12.1 Å². The van der Waals surface area contributed by atoms with Crippen LogP contribution in [0.2, 0.25) is 0 Å². The molecule has 0 saturated heterocycles. The molecule has 38 heavy (non-hydrogen) atoms. The minimum Gasteiger partial charge on any atom is -0.384 e. The van der Waals surface area contributed by atoms with Gasteiger partial charge in [-0.3, -0.25) is 14.9 Å². The topological polar surface area (TPSA) is 119 Å². The molecule has 0 spiro atoms. The van der Waals surface area contributed by atoms with Crippen LogP contribution >= 0.6 is 11.3 Å². The van der Waals surface area contributed by atoms with Crippen molar-refractivity contribution in [3.63, 3.8) is 0 Å². The van der Waals surface area contributed by atoms with E-state index in [2.05, 4.69) is 33.4 Å². The number of benzene rings is 1. The number of nitrogens with one attached hydrogen (secondary N) is 1. The monoisotopic (exact) mass is 533 g/mol. The van der Waals surface area contributed by atoms with Gasteiger partial charge < -0.3 is 15.2 Å². The summed E-state index contributed by atoms with van der Waals surface area (Å²) >= 11 is 1.33. The molecule has 0 aliphatic rings. The fourth-order valence-electron chi connectivity index (χ4n) is 4.12. The number of carbonyl (C=O) groups is 2. The van der Waals surface area contributed by atoms with Crippen LogP contribution in [0, 0.1) is 0 Å². The van der Waals surface area contributed by atoms with E-state index >= 15 is 0 Å². The van der Waals surface area contributed by atoms with Crippen molar-refractivity contribution < 1.29 is 9.59 Å². The zero-order valence-electron chi connectivity index (χ0n) is 22.3. The van der Waals surface area contributed by atoms with E-state index in [-0.39, 0.29) is 17.9 Å². The van der Waals surface area contributed by atoms with Crippen LogP contribution in [-0.2, 0) is 4.79 Å². The van der Waals surface area contributed by atoms with Gasteiger partial charge in [-0.2, -0.15) is 0 Å². The van der Waals surface area contributed by atoms with Gasteiger partial charge in [-0.15, -0.1) is 11.3 Å². The van der Waals surface area contributed by atoms with Crippen molar-refractivity contribution in [1.29, 1.82) is 0 Å². The minimum atomic E-state index is -0.240. The normalized spacial score (nSPS) is 11.4. The number of imidazole rings is 1. The molecule has 0 aliphatic carbocycles. The van der Waals surface area contributed by atoms with E-state index in [4.69, 9.17) is 10.7 Å². The Labute approximate surface area is 227 Å². The van der Waals surface area contributed by atoms with E-state index in [9.17, 15) is 9.59 Å². The maximum atomic E-state index is 13.2. The number of anilines is 2. The van der Waals surface area contributed by atoms with Gasteiger partial charge in [-0.1, -0.05) is 39.5 Å². The van der Waals surface area contributed by atoms with E-state index in [1.54, 1.807) is 24.1 Å². The fourth-order valence-corrected chi connectivity index (χ4v) is 4.99. The molecular weight excluding hydrogens is 498 g/mol. The van der Waals surface area contributed by atoms with Gasteiger partial charge in [0.25, 0.3) is 5.91 Å². The summed E-state index contributed by atoms with van der Waals surface area (Å²) in [6.07, 6.45) is 5.21. The van der Waals surface area contributed by atoms with Gasteiger partial charge in [0.15, 0.2) is 0 Å². The smallest absolute Gasteiger partial charge is 0.268 e. The quantitative estimate of drug-likeness (QED) is 0.249. The molecule has 0 unspecified atom stereocenters. The molecule has 3 N–H and O–H groups in total. The SMILES string of the molecule is C=CC(=O)N(C)CCC[C@H](CC)n1c(NC(=O)c2ccc(-c3cc(N)ncn3)s2)nc2ccccc21.CC. The van der Waals surface area contributed by atoms with Crippen LogP contribution in [-0.4, -0.2) is 49.8 Å². The number of para-hydroxylation sites is 2. The molecule has 3 heterocycles. The number of nitrogen functional groups attached to an aromatic ring is 1. The maximum absolute atomic E-state index is 13.2. The summed E-state index contributed by atoms with van der Waals surface area (Å²) < 4.78 is 2.10. The first kappa shape index (κ1) is 28.5. The average Bonchev–Trinajstić information content (AvgIpc) is 3.57. The second-order valence-corrected chi connectivity index (χ2v) is 9.49.